The number of rotatable bonds is 1. The van der Waals surface area contributed by atoms with Gasteiger partial charge in [0.1, 0.15) is 5.69 Å². The Labute approximate surface area is 190 Å². The van der Waals surface area contributed by atoms with Crippen LogP contribution in [0.5, 0.6) is 0 Å². The van der Waals surface area contributed by atoms with E-state index in [1.807, 2.05) is 25.1 Å². The van der Waals surface area contributed by atoms with E-state index in [4.69, 9.17) is 4.98 Å². The summed E-state index contributed by atoms with van der Waals surface area (Å²) in [6, 6.07) is 5.67. The molecule has 2 amide bonds. The Balaban J connectivity index is 1.54. The Morgan fingerprint density at radius 1 is 1.18 bits per heavy atom. The van der Waals surface area contributed by atoms with Crippen molar-refractivity contribution in [1.29, 1.82) is 0 Å². The molecule has 2 aliphatic heterocycles. The number of nitrogens with one attached hydrogen (secondary N) is 4. The normalized spacial score (nSPS) is 19.8. The zero-order valence-electron chi connectivity index (χ0n) is 18.6. The molecule has 2 bridgehead atoms. The van der Waals surface area contributed by atoms with Gasteiger partial charge in [-0.05, 0) is 44.0 Å². The topological polar surface area (TPSA) is 119 Å². The first kappa shape index (κ1) is 19.9. The molecule has 0 unspecified atom stereocenters. The molecule has 1 aliphatic carbocycles. The number of nitrogens with zero attached hydrogens (tertiary/aromatic N) is 3. The van der Waals surface area contributed by atoms with Crippen molar-refractivity contribution < 1.29 is 9.59 Å². The minimum Gasteiger partial charge on any atom is -0.358 e. The van der Waals surface area contributed by atoms with E-state index in [1.54, 1.807) is 18.0 Å². The third kappa shape index (κ3) is 3.36. The highest BCUT2D eigenvalue weighted by Crippen LogP contribution is 2.45. The van der Waals surface area contributed by atoms with Crippen LogP contribution < -0.4 is 10.6 Å². The molecule has 6 rings (SSSR count). The van der Waals surface area contributed by atoms with Crippen molar-refractivity contribution in [2.45, 2.75) is 32.2 Å². The van der Waals surface area contributed by atoms with Gasteiger partial charge in [-0.25, -0.2) is 4.98 Å². The van der Waals surface area contributed by atoms with Crippen LogP contribution in [-0.2, 0) is 11.3 Å². The van der Waals surface area contributed by atoms with E-state index in [0.717, 1.165) is 41.2 Å². The average Bonchev–Trinajstić information content (AvgIpc) is 3.34. The number of carbonyl (C=O) groups is 2. The largest absolute Gasteiger partial charge is 0.358 e. The Kier molecular flexibility index (Phi) is 4.48. The SMILES string of the molecule is Cc1cc2c([nH]1)/C=C1\C(=O)Nc3ccc(nc31)-c1c(C3CC3)n[nH]c1CNCCN(C)C2=O. The van der Waals surface area contributed by atoms with Gasteiger partial charge in [-0.2, -0.15) is 5.10 Å². The van der Waals surface area contributed by atoms with Gasteiger partial charge in [-0.3, -0.25) is 14.7 Å². The number of hydrogen-bond acceptors (Lipinski definition) is 5. The van der Waals surface area contributed by atoms with E-state index >= 15 is 0 Å². The van der Waals surface area contributed by atoms with Gasteiger partial charge in [0.25, 0.3) is 11.8 Å². The number of fused-ring (bicyclic) bond motifs is 4. The minimum atomic E-state index is -0.227. The quantitative estimate of drug-likeness (QED) is 0.461. The predicted molar refractivity (Wildman–Crippen MR) is 124 cm³/mol. The fourth-order valence-electron chi connectivity index (χ4n) is 4.61. The molecule has 0 atom stereocenters. The van der Waals surface area contributed by atoms with E-state index in [-0.39, 0.29) is 11.8 Å². The highest BCUT2D eigenvalue weighted by molar-refractivity contribution is 6.34. The molecule has 0 aromatic carbocycles. The van der Waals surface area contributed by atoms with Crippen molar-refractivity contribution in [3.63, 3.8) is 0 Å². The van der Waals surface area contributed by atoms with Crippen molar-refractivity contribution >= 4 is 29.2 Å². The number of carbonyl (C=O) groups excluding carboxylic acids is 2. The van der Waals surface area contributed by atoms with Crippen LogP contribution in [0.25, 0.3) is 22.9 Å². The van der Waals surface area contributed by atoms with Crippen LogP contribution in [0.2, 0.25) is 0 Å². The summed E-state index contributed by atoms with van der Waals surface area (Å²) in [4.78, 5) is 35.9. The first-order valence-corrected chi connectivity index (χ1v) is 11.3. The van der Waals surface area contributed by atoms with Gasteiger partial charge in [0.15, 0.2) is 0 Å². The van der Waals surface area contributed by atoms with Crippen LogP contribution in [0.4, 0.5) is 5.69 Å². The van der Waals surface area contributed by atoms with Crippen molar-refractivity contribution in [3.8, 4) is 11.3 Å². The van der Waals surface area contributed by atoms with Crippen LogP contribution in [0.15, 0.2) is 18.2 Å². The Hall–Kier alpha value is -3.72. The van der Waals surface area contributed by atoms with E-state index in [0.29, 0.717) is 53.8 Å². The Morgan fingerprint density at radius 3 is 2.85 bits per heavy atom. The molecule has 3 aromatic heterocycles. The number of amides is 2. The zero-order valence-corrected chi connectivity index (χ0v) is 18.6. The number of H-pyrrole nitrogens is 2. The number of hydrogen-bond donors (Lipinski definition) is 4. The highest BCUT2D eigenvalue weighted by Gasteiger charge is 2.33. The van der Waals surface area contributed by atoms with E-state index < -0.39 is 0 Å². The number of aryl methyl sites for hydroxylation is 1. The Morgan fingerprint density at radius 2 is 2.03 bits per heavy atom. The molecule has 168 valence electrons. The maximum atomic E-state index is 13.2. The second kappa shape index (κ2) is 7.41. The lowest BCUT2D eigenvalue weighted by Gasteiger charge is -2.17. The lowest BCUT2D eigenvalue weighted by atomic mass is 10.0. The molecular weight excluding hydrogens is 418 g/mol. The van der Waals surface area contributed by atoms with Crippen molar-refractivity contribution in [3.05, 3.63) is 52.2 Å². The van der Waals surface area contributed by atoms with E-state index in [2.05, 4.69) is 25.8 Å². The minimum absolute atomic E-state index is 0.0959. The maximum absolute atomic E-state index is 13.2. The monoisotopic (exact) mass is 443 g/mol. The summed E-state index contributed by atoms with van der Waals surface area (Å²) in [5.41, 5.74) is 7.54. The molecule has 3 aromatic rings. The number of aromatic amines is 2. The van der Waals surface area contributed by atoms with Crippen LogP contribution >= 0.6 is 0 Å². The van der Waals surface area contributed by atoms with Crippen molar-refractivity contribution in [2.24, 2.45) is 0 Å². The summed E-state index contributed by atoms with van der Waals surface area (Å²) in [7, 11) is 1.79. The number of aromatic nitrogens is 4. The molecule has 33 heavy (non-hydrogen) atoms. The molecule has 0 spiro atoms. The van der Waals surface area contributed by atoms with Gasteiger partial charge in [0.2, 0.25) is 0 Å². The summed E-state index contributed by atoms with van der Waals surface area (Å²) >= 11 is 0. The Bertz CT molecular complexity index is 1330. The third-order valence-corrected chi connectivity index (χ3v) is 6.51. The summed E-state index contributed by atoms with van der Waals surface area (Å²) in [6.45, 7) is 3.68. The lowest BCUT2D eigenvalue weighted by Crippen LogP contribution is -2.34. The summed E-state index contributed by atoms with van der Waals surface area (Å²) in [5.74, 6) is 0.126. The zero-order chi connectivity index (χ0) is 22.7. The highest BCUT2D eigenvalue weighted by atomic mass is 16.2. The van der Waals surface area contributed by atoms with Crippen LogP contribution in [-0.4, -0.2) is 57.0 Å². The fourth-order valence-corrected chi connectivity index (χ4v) is 4.61. The molecule has 1 saturated carbocycles. The molecule has 3 aliphatic rings. The van der Waals surface area contributed by atoms with Crippen LogP contribution in [0, 0.1) is 6.92 Å². The van der Waals surface area contributed by atoms with Gasteiger partial charge in [-0.1, -0.05) is 0 Å². The first-order chi connectivity index (χ1) is 16.0. The van der Waals surface area contributed by atoms with Gasteiger partial charge < -0.3 is 20.5 Å². The molecule has 0 radical (unpaired) electrons. The van der Waals surface area contributed by atoms with Gasteiger partial charge in [-0.15, -0.1) is 0 Å². The molecule has 1 fully saturated rings. The van der Waals surface area contributed by atoms with Crippen LogP contribution in [0.1, 0.15) is 57.6 Å². The molecule has 9 heteroatoms. The first-order valence-electron chi connectivity index (χ1n) is 11.3. The molecule has 0 saturated heterocycles. The summed E-state index contributed by atoms with van der Waals surface area (Å²) in [6.07, 6.45) is 3.99. The predicted octanol–water partition coefficient (Wildman–Crippen LogP) is 2.65. The number of anilines is 1. The third-order valence-electron chi connectivity index (χ3n) is 6.51. The number of pyridine rings is 1. The summed E-state index contributed by atoms with van der Waals surface area (Å²) in [5, 5.41) is 14.2. The fraction of sp³-hybridized carbons (Fsp3) is 0.333. The molecule has 5 heterocycles. The van der Waals surface area contributed by atoms with E-state index in [9.17, 15) is 9.59 Å². The van der Waals surface area contributed by atoms with E-state index in [1.165, 1.54) is 0 Å². The second-order valence-corrected chi connectivity index (χ2v) is 9.02. The van der Waals surface area contributed by atoms with Gasteiger partial charge in [0.05, 0.1) is 39.6 Å². The van der Waals surface area contributed by atoms with Gasteiger partial charge in [0, 0.05) is 43.9 Å². The standard InChI is InChI=1S/C24H25N7O2/c1-12-9-14-18(26-12)10-15-22-17(28-23(15)32)6-5-16(27-22)20-19(29-30-21(20)13-3-4-13)11-25-7-8-31(2)24(14)33/h5-6,9-10,13,25-26H,3-4,7-8,11H2,1-2H3,(H,28,32)(H,29,30)/b15-10-. The second-order valence-electron chi connectivity index (χ2n) is 9.02. The maximum Gasteiger partial charge on any atom is 0.258 e. The van der Waals surface area contributed by atoms with Crippen molar-refractivity contribution in [2.75, 3.05) is 25.5 Å². The van der Waals surface area contributed by atoms with Crippen LogP contribution in [0.3, 0.4) is 0 Å². The average molecular weight is 444 g/mol. The summed E-state index contributed by atoms with van der Waals surface area (Å²) < 4.78 is 0. The lowest BCUT2D eigenvalue weighted by molar-refractivity contribution is -0.110. The number of likely N-dealkylation sites (N-methyl/N-ethyl adjacent to an activating group) is 1. The van der Waals surface area contributed by atoms with Crippen molar-refractivity contribution in [1.82, 2.24) is 30.4 Å². The molecular formula is C24H25N7O2. The van der Waals surface area contributed by atoms with Gasteiger partial charge >= 0.3 is 0 Å². The smallest absolute Gasteiger partial charge is 0.258 e. The molecule has 4 N–H and O–H groups in total. The molecule has 9 nitrogen and oxygen atoms in total.